The van der Waals surface area contributed by atoms with E-state index in [9.17, 15) is 9.18 Å². The minimum absolute atomic E-state index is 0.242. The summed E-state index contributed by atoms with van der Waals surface area (Å²) in [7, 11) is 3.28. The monoisotopic (exact) mass is 522 g/mol. The van der Waals surface area contributed by atoms with Crippen molar-refractivity contribution in [2.75, 3.05) is 20.8 Å². The van der Waals surface area contributed by atoms with Gasteiger partial charge in [0.25, 0.3) is 0 Å². The van der Waals surface area contributed by atoms with E-state index in [2.05, 4.69) is 10.2 Å². The molecule has 4 rings (SSSR count). The molecule has 194 valence electrons. The van der Waals surface area contributed by atoms with Crippen molar-refractivity contribution in [3.8, 4) is 17.2 Å². The van der Waals surface area contributed by atoms with E-state index < -0.39 is 0 Å². The maximum atomic E-state index is 13.9. The first-order chi connectivity index (χ1) is 18.1. The zero-order valence-corrected chi connectivity index (χ0v) is 21.8. The van der Waals surface area contributed by atoms with Crippen molar-refractivity contribution < 1.29 is 18.7 Å². The molecule has 0 fully saturated rings. The summed E-state index contributed by atoms with van der Waals surface area (Å²) in [6, 6.07) is 22.1. The van der Waals surface area contributed by atoms with E-state index >= 15 is 0 Å². The van der Waals surface area contributed by atoms with Crippen LogP contribution >= 0.6 is 11.8 Å². The lowest BCUT2D eigenvalue weighted by Crippen LogP contribution is -2.04. The fraction of sp³-hybridized carbons (Fsp3) is 0.250. The highest BCUT2D eigenvalue weighted by Crippen LogP contribution is 2.28. The lowest BCUT2D eigenvalue weighted by atomic mass is 10.1. The van der Waals surface area contributed by atoms with Gasteiger partial charge in [0.15, 0.2) is 5.16 Å². The van der Waals surface area contributed by atoms with E-state index in [1.165, 1.54) is 23.4 Å². The van der Waals surface area contributed by atoms with Crippen molar-refractivity contribution in [2.45, 2.75) is 30.2 Å². The first kappa shape index (κ1) is 27.9. The third-order valence-corrected chi connectivity index (χ3v) is 6.40. The molecule has 0 aliphatic heterocycles. The van der Waals surface area contributed by atoms with Crippen LogP contribution in [0.25, 0.3) is 5.69 Å². The van der Waals surface area contributed by atoms with Crippen LogP contribution in [0.5, 0.6) is 11.5 Å². The molecule has 0 bridgehead atoms. The Balaban J connectivity index is 0.000000289. The molecule has 4 aromatic rings. The Hall–Kier alpha value is -3.69. The van der Waals surface area contributed by atoms with Gasteiger partial charge in [0.1, 0.15) is 29.4 Å². The summed E-state index contributed by atoms with van der Waals surface area (Å²) in [5.41, 5.74) is 8.05. The summed E-state index contributed by atoms with van der Waals surface area (Å²) < 4.78 is 26.2. The average molecular weight is 523 g/mol. The van der Waals surface area contributed by atoms with Crippen LogP contribution in [-0.4, -0.2) is 41.8 Å². The van der Waals surface area contributed by atoms with E-state index in [4.69, 9.17) is 15.2 Å². The van der Waals surface area contributed by atoms with Crippen LogP contribution in [0.1, 0.15) is 23.4 Å². The number of methoxy groups -OCH3 is 2. The van der Waals surface area contributed by atoms with E-state index in [1.54, 1.807) is 32.4 Å². The molecule has 0 saturated carbocycles. The first-order valence-corrected chi connectivity index (χ1v) is 12.8. The number of thioether (sulfide) groups is 1. The second kappa shape index (κ2) is 14.8. The van der Waals surface area contributed by atoms with E-state index in [1.807, 2.05) is 53.1 Å². The van der Waals surface area contributed by atoms with Crippen molar-refractivity contribution in [1.29, 1.82) is 0 Å². The summed E-state index contributed by atoms with van der Waals surface area (Å²) in [5, 5.41) is 9.10. The predicted octanol–water partition coefficient (Wildman–Crippen LogP) is 5.04. The van der Waals surface area contributed by atoms with Crippen molar-refractivity contribution in [1.82, 2.24) is 14.8 Å². The molecular weight excluding hydrogens is 491 g/mol. The van der Waals surface area contributed by atoms with Gasteiger partial charge < -0.3 is 20.0 Å². The number of carbonyl (C=O) groups excluding carboxylic acids is 1. The molecule has 3 aromatic carbocycles. The van der Waals surface area contributed by atoms with Gasteiger partial charge in [-0.05, 0) is 48.4 Å². The minimum atomic E-state index is -0.242. The number of rotatable bonds is 11. The molecule has 0 aliphatic carbocycles. The molecule has 0 spiro atoms. The average Bonchev–Trinajstić information content (AvgIpc) is 3.35. The van der Waals surface area contributed by atoms with E-state index in [-0.39, 0.29) is 5.82 Å². The number of hydrogen-bond donors (Lipinski definition) is 1. The Morgan fingerprint density at radius 3 is 2.41 bits per heavy atom. The Morgan fingerprint density at radius 1 is 0.946 bits per heavy atom. The maximum Gasteiger partial charge on any atom is 0.196 e. The van der Waals surface area contributed by atoms with Crippen LogP contribution in [0.15, 0.2) is 78.0 Å². The molecule has 0 amide bonds. The van der Waals surface area contributed by atoms with Gasteiger partial charge in [-0.15, -0.1) is 10.2 Å². The summed E-state index contributed by atoms with van der Waals surface area (Å²) in [6.07, 6.45) is 2.58. The van der Waals surface area contributed by atoms with Gasteiger partial charge in [-0.1, -0.05) is 54.2 Å². The van der Waals surface area contributed by atoms with Crippen molar-refractivity contribution in [3.63, 3.8) is 0 Å². The van der Waals surface area contributed by atoms with Crippen LogP contribution in [0.3, 0.4) is 0 Å². The highest BCUT2D eigenvalue weighted by molar-refractivity contribution is 7.98. The number of hydrogen-bond acceptors (Lipinski definition) is 7. The van der Waals surface area contributed by atoms with Crippen molar-refractivity contribution in [3.05, 3.63) is 95.6 Å². The quantitative estimate of drug-likeness (QED) is 0.218. The van der Waals surface area contributed by atoms with Gasteiger partial charge in [0, 0.05) is 24.7 Å². The topological polar surface area (TPSA) is 92.3 Å². The molecule has 9 heteroatoms. The van der Waals surface area contributed by atoms with Crippen LogP contribution in [0.4, 0.5) is 4.39 Å². The fourth-order valence-electron chi connectivity index (χ4n) is 3.58. The van der Waals surface area contributed by atoms with E-state index in [0.29, 0.717) is 47.4 Å². The molecular formula is C28H31FN4O3S. The highest BCUT2D eigenvalue weighted by atomic mass is 32.2. The van der Waals surface area contributed by atoms with Crippen molar-refractivity contribution in [2.24, 2.45) is 5.73 Å². The van der Waals surface area contributed by atoms with Crippen LogP contribution in [0, 0.1) is 5.82 Å². The Morgan fingerprint density at radius 2 is 1.70 bits per heavy atom. The molecule has 0 unspecified atom stereocenters. The summed E-state index contributed by atoms with van der Waals surface area (Å²) in [5.74, 6) is 2.51. The fourth-order valence-corrected chi connectivity index (χ4v) is 4.53. The molecule has 1 heterocycles. The molecule has 2 N–H and O–H groups in total. The molecule has 0 aliphatic rings. The van der Waals surface area contributed by atoms with Crippen LogP contribution < -0.4 is 15.2 Å². The number of aldehydes is 1. The molecule has 1 aromatic heterocycles. The largest absolute Gasteiger partial charge is 0.497 e. The highest BCUT2D eigenvalue weighted by Gasteiger charge is 2.15. The van der Waals surface area contributed by atoms with Gasteiger partial charge in [0.2, 0.25) is 0 Å². The zero-order valence-electron chi connectivity index (χ0n) is 21.0. The number of para-hydroxylation sites is 1. The number of benzene rings is 3. The lowest BCUT2D eigenvalue weighted by molar-refractivity contribution is -0.107. The smallest absolute Gasteiger partial charge is 0.196 e. The first-order valence-electron chi connectivity index (χ1n) is 11.8. The standard InChI is InChI=1S/C19H18FN3O2S.C9H13NO/c1-25-16-8-4-7-15(12-16)23-18(10-5-11-24)21-22-19(23)26-13-14-6-2-3-9-17(14)20;1-11-9-5-3-2-4-8(9)6-7-10/h2-4,6-9,11-12H,5,10,13H2,1H3;2-5H,6-7,10H2,1H3. The van der Waals surface area contributed by atoms with Gasteiger partial charge in [-0.2, -0.15) is 0 Å². The summed E-state index contributed by atoms with van der Waals surface area (Å²) in [4.78, 5) is 10.8. The molecule has 0 atom stereocenters. The lowest BCUT2D eigenvalue weighted by Gasteiger charge is -2.11. The maximum absolute atomic E-state index is 13.9. The second-order valence-electron chi connectivity index (χ2n) is 7.87. The van der Waals surface area contributed by atoms with Gasteiger partial charge in [0.05, 0.1) is 19.9 Å². The number of nitrogens with zero attached hydrogens (tertiary/aromatic N) is 3. The number of aromatic nitrogens is 3. The third kappa shape index (κ3) is 7.90. The Labute approximate surface area is 220 Å². The van der Waals surface area contributed by atoms with Gasteiger partial charge in [-0.3, -0.25) is 4.57 Å². The number of halogens is 1. The molecule has 7 nitrogen and oxygen atoms in total. The second-order valence-corrected chi connectivity index (χ2v) is 8.81. The van der Waals surface area contributed by atoms with Crippen LogP contribution in [-0.2, 0) is 23.4 Å². The zero-order chi connectivity index (χ0) is 26.5. The van der Waals surface area contributed by atoms with Crippen molar-refractivity contribution >= 4 is 18.0 Å². The Bertz CT molecular complexity index is 1280. The van der Waals surface area contributed by atoms with Gasteiger partial charge in [-0.25, -0.2) is 4.39 Å². The molecule has 37 heavy (non-hydrogen) atoms. The number of nitrogens with two attached hydrogens (primary N) is 1. The summed E-state index contributed by atoms with van der Waals surface area (Å²) in [6.45, 7) is 0.667. The third-order valence-electron chi connectivity index (χ3n) is 5.42. The predicted molar refractivity (Wildman–Crippen MR) is 144 cm³/mol. The minimum Gasteiger partial charge on any atom is -0.497 e. The number of ether oxygens (including phenoxy) is 2. The Kier molecular flexibility index (Phi) is 11.1. The number of carbonyl (C=O) groups is 1. The summed E-state index contributed by atoms with van der Waals surface area (Å²) >= 11 is 1.40. The number of aryl methyl sites for hydroxylation is 1. The van der Waals surface area contributed by atoms with Crippen LogP contribution in [0.2, 0.25) is 0 Å². The normalized spacial score (nSPS) is 10.4. The molecule has 0 saturated heterocycles. The van der Waals surface area contributed by atoms with E-state index in [0.717, 1.165) is 24.1 Å². The molecule has 0 radical (unpaired) electrons. The SMILES string of the molecule is COc1cccc(-n2c(CCC=O)nnc2SCc2ccccc2F)c1.COc1ccccc1CCN. The van der Waals surface area contributed by atoms with Gasteiger partial charge >= 0.3 is 0 Å².